The van der Waals surface area contributed by atoms with Crippen LogP contribution in [0.1, 0.15) is 23.2 Å². The topological polar surface area (TPSA) is 25.8 Å². The van der Waals surface area contributed by atoms with E-state index in [4.69, 9.17) is 11.6 Å². The van der Waals surface area contributed by atoms with Crippen LogP contribution < -0.4 is 0 Å². The molecule has 0 saturated carbocycles. The number of halogens is 3. The fraction of sp³-hybridized carbons (Fsp3) is 0.231. The Morgan fingerprint density at radius 2 is 1.67 bits per heavy atom. The second-order valence-electron chi connectivity index (χ2n) is 3.97. The molecule has 18 heavy (non-hydrogen) atoms. The van der Waals surface area contributed by atoms with Gasteiger partial charge in [0.1, 0.15) is 5.15 Å². The van der Waals surface area contributed by atoms with Crippen molar-refractivity contribution in [2.45, 2.75) is 20.3 Å². The highest BCUT2D eigenvalue weighted by molar-refractivity contribution is 6.30. The molecule has 0 atom stereocenters. The number of hydrogen-bond donors (Lipinski definition) is 0. The highest BCUT2D eigenvalue weighted by atomic mass is 35.5. The molecule has 0 radical (unpaired) electrons. The third kappa shape index (κ3) is 2.48. The summed E-state index contributed by atoms with van der Waals surface area (Å²) in [5, 5.41) is 0.385. The standard InChI is InChI=1S/C13H11ClF2N2/c1-7-8(2)17-13(18-11(7)14)10-5-3-9(4-6-10)12(15)16/h3-6,12H,1-2H3. The maximum atomic E-state index is 12.4. The van der Waals surface area contributed by atoms with Gasteiger partial charge in [-0.2, -0.15) is 0 Å². The van der Waals surface area contributed by atoms with Crippen molar-refractivity contribution in [2.24, 2.45) is 0 Å². The third-order valence-corrected chi connectivity index (χ3v) is 3.12. The molecule has 0 amide bonds. The Labute approximate surface area is 109 Å². The van der Waals surface area contributed by atoms with E-state index < -0.39 is 6.43 Å². The van der Waals surface area contributed by atoms with Gasteiger partial charge in [-0.25, -0.2) is 18.7 Å². The summed E-state index contributed by atoms with van der Waals surface area (Å²) in [5.41, 5.74) is 2.26. The number of aromatic nitrogens is 2. The normalized spacial score (nSPS) is 11.0. The molecule has 1 heterocycles. The Bertz CT molecular complexity index is 545. The van der Waals surface area contributed by atoms with Crippen LogP contribution in [0.15, 0.2) is 24.3 Å². The van der Waals surface area contributed by atoms with E-state index in [0.29, 0.717) is 16.5 Å². The van der Waals surface area contributed by atoms with E-state index in [9.17, 15) is 8.78 Å². The molecular formula is C13H11ClF2N2. The summed E-state index contributed by atoms with van der Waals surface area (Å²) in [4.78, 5) is 8.44. The van der Waals surface area contributed by atoms with Crippen molar-refractivity contribution in [3.05, 3.63) is 46.2 Å². The van der Waals surface area contributed by atoms with Crippen LogP contribution in [0.5, 0.6) is 0 Å². The lowest BCUT2D eigenvalue weighted by atomic mass is 10.1. The third-order valence-electron chi connectivity index (χ3n) is 2.75. The molecule has 1 aromatic carbocycles. The van der Waals surface area contributed by atoms with Gasteiger partial charge in [-0.05, 0) is 13.8 Å². The van der Waals surface area contributed by atoms with Crippen LogP contribution in [-0.2, 0) is 0 Å². The minimum absolute atomic E-state index is 0.0197. The molecular weight excluding hydrogens is 258 g/mol. The van der Waals surface area contributed by atoms with Crippen molar-refractivity contribution in [2.75, 3.05) is 0 Å². The lowest BCUT2D eigenvalue weighted by Crippen LogP contribution is -1.96. The van der Waals surface area contributed by atoms with E-state index in [2.05, 4.69) is 9.97 Å². The molecule has 0 N–H and O–H groups in total. The van der Waals surface area contributed by atoms with Gasteiger partial charge in [-0.3, -0.25) is 0 Å². The van der Waals surface area contributed by atoms with Crippen molar-refractivity contribution < 1.29 is 8.78 Å². The molecule has 0 aliphatic heterocycles. The summed E-state index contributed by atoms with van der Waals surface area (Å²) >= 11 is 5.98. The van der Waals surface area contributed by atoms with Crippen LogP contribution in [0, 0.1) is 13.8 Å². The minimum Gasteiger partial charge on any atom is -0.233 e. The summed E-state index contributed by atoms with van der Waals surface area (Å²) < 4.78 is 24.9. The zero-order valence-electron chi connectivity index (χ0n) is 9.92. The number of rotatable bonds is 2. The molecule has 2 aromatic rings. The SMILES string of the molecule is Cc1nc(-c2ccc(C(F)F)cc2)nc(Cl)c1C. The van der Waals surface area contributed by atoms with Crippen molar-refractivity contribution in [3.63, 3.8) is 0 Å². The summed E-state index contributed by atoms with van der Waals surface area (Å²) in [7, 11) is 0. The van der Waals surface area contributed by atoms with Crippen LogP contribution in [0.3, 0.4) is 0 Å². The summed E-state index contributed by atoms with van der Waals surface area (Å²) in [6, 6.07) is 5.88. The van der Waals surface area contributed by atoms with Crippen molar-refractivity contribution in [1.29, 1.82) is 0 Å². The first kappa shape index (κ1) is 12.9. The first-order valence-corrected chi connectivity index (χ1v) is 5.76. The second kappa shape index (κ2) is 4.98. The highest BCUT2D eigenvalue weighted by Gasteiger charge is 2.10. The minimum atomic E-state index is -2.47. The largest absolute Gasteiger partial charge is 0.263 e. The van der Waals surface area contributed by atoms with E-state index in [1.54, 1.807) is 12.1 Å². The van der Waals surface area contributed by atoms with Crippen LogP contribution in [0.4, 0.5) is 8.78 Å². The van der Waals surface area contributed by atoms with E-state index in [1.165, 1.54) is 12.1 Å². The molecule has 5 heteroatoms. The number of nitrogens with zero attached hydrogens (tertiary/aromatic N) is 2. The van der Waals surface area contributed by atoms with Gasteiger partial charge in [0.15, 0.2) is 5.82 Å². The average Bonchev–Trinajstić information content (AvgIpc) is 2.35. The average molecular weight is 269 g/mol. The predicted octanol–water partition coefficient (Wildman–Crippen LogP) is 4.35. The maximum Gasteiger partial charge on any atom is 0.263 e. The van der Waals surface area contributed by atoms with Gasteiger partial charge in [-0.15, -0.1) is 0 Å². The van der Waals surface area contributed by atoms with Gasteiger partial charge < -0.3 is 0 Å². The molecule has 0 saturated heterocycles. The van der Waals surface area contributed by atoms with Gasteiger partial charge in [0.25, 0.3) is 6.43 Å². The van der Waals surface area contributed by atoms with Gasteiger partial charge in [0.05, 0.1) is 0 Å². The van der Waals surface area contributed by atoms with E-state index in [-0.39, 0.29) is 5.56 Å². The van der Waals surface area contributed by atoms with Gasteiger partial charge in [0, 0.05) is 22.4 Å². The molecule has 0 aliphatic rings. The highest BCUT2D eigenvalue weighted by Crippen LogP contribution is 2.24. The molecule has 2 rings (SSSR count). The van der Waals surface area contributed by atoms with E-state index in [1.807, 2.05) is 13.8 Å². The Morgan fingerprint density at radius 3 is 2.17 bits per heavy atom. The molecule has 0 fully saturated rings. The lowest BCUT2D eigenvalue weighted by molar-refractivity contribution is 0.151. The Balaban J connectivity index is 2.43. The predicted molar refractivity (Wildman–Crippen MR) is 66.9 cm³/mol. The fourth-order valence-corrected chi connectivity index (χ4v) is 1.72. The maximum absolute atomic E-state index is 12.4. The van der Waals surface area contributed by atoms with Crippen LogP contribution in [0.2, 0.25) is 5.15 Å². The Kier molecular flexibility index (Phi) is 3.57. The van der Waals surface area contributed by atoms with Crippen LogP contribution in [0.25, 0.3) is 11.4 Å². The smallest absolute Gasteiger partial charge is 0.233 e. The van der Waals surface area contributed by atoms with Gasteiger partial charge in [0.2, 0.25) is 0 Å². The Morgan fingerprint density at radius 1 is 1.06 bits per heavy atom. The summed E-state index contributed by atoms with van der Waals surface area (Å²) in [6.07, 6.45) is -2.47. The van der Waals surface area contributed by atoms with Gasteiger partial charge in [-0.1, -0.05) is 35.9 Å². The van der Waals surface area contributed by atoms with Crippen molar-refractivity contribution >= 4 is 11.6 Å². The van der Waals surface area contributed by atoms with Crippen molar-refractivity contribution in [1.82, 2.24) is 9.97 Å². The summed E-state index contributed by atoms with van der Waals surface area (Å²) in [6.45, 7) is 3.67. The zero-order valence-corrected chi connectivity index (χ0v) is 10.7. The molecule has 0 unspecified atom stereocenters. The molecule has 0 aliphatic carbocycles. The molecule has 94 valence electrons. The van der Waals surface area contributed by atoms with Crippen LogP contribution >= 0.6 is 11.6 Å². The number of alkyl halides is 2. The first-order valence-electron chi connectivity index (χ1n) is 5.38. The lowest BCUT2D eigenvalue weighted by Gasteiger charge is -2.06. The molecule has 0 bridgehead atoms. The number of hydrogen-bond acceptors (Lipinski definition) is 2. The number of benzene rings is 1. The zero-order chi connectivity index (χ0) is 13.3. The first-order chi connectivity index (χ1) is 8.49. The second-order valence-corrected chi connectivity index (χ2v) is 4.33. The molecule has 1 aromatic heterocycles. The van der Waals surface area contributed by atoms with E-state index >= 15 is 0 Å². The van der Waals surface area contributed by atoms with Crippen molar-refractivity contribution in [3.8, 4) is 11.4 Å². The van der Waals surface area contributed by atoms with E-state index in [0.717, 1.165) is 11.3 Å². The molecule has 2 nitrogen and oxygen atoms in total. The van der Waals surface area contributed by atoms with Gasteiger partial charge >= 0.3 is 0 Å². The summed E-state index contributed by atoms with van der Waals surface area (Å²) in [5.74, 6) is 0.448. The molecule has 0 spiro atoms. The number of aryl methyl sites for hydroxylation is 1. The Hall–Kier alpha value is -1.55. The van der Waals surface area contributed by atoms with Crippen LogP contribution in [-0.4, -0.2) is 9.97 Å². The fourth-order valence-electron chi connectivity index (χ4n) is 1.50. The monoisotopic (exact) mass is 268 g/mol. The quantitative estimate of drug-likeness (QED) is 0.757.